The molecular weight excluding hydrogens is 482 g/mol. The molecule has 0 saturated carbocycles. The highest BCUT2D eigenvalue weighted by atomic mass is 16.5. The summed E-state index contributed by atoms with van der Waals surface area (Å²) in [4.78, 5) is 12.9. The minimum atomic E-state index is -1.07. The Labute approximate surface area is 223 Å². The second-order valence-electron chi connectivity index (χ2n) is 9.39. The van der Waals surface area contributed by atoms with Crippen LogP contribution in [0.3, 0.4) is 0 Å². The van der Waals surface area contributed by atoms with Crippen LogP contribution in [0, 0.1) is 0 Å². The fraction of sp³-hybridized carbons (Fsp3) is 0.323. The summed E-state index contributed by atoms with van der Waals surface area (Å²) in [7, 11) is 0. The number of aliphatic hydroxyl groups excluding tert-OH is 1. The Kier molecular flexibility index (Phi) is 9.92. The molecule has 0 aromatic heterocycles. The quantitative estimate of drug-likeness (QED) is 0.316. The van der Waals surface area contributed by atoms with Gasteiger partial charge in [-0.1, -0.05) is 79.4 Å². The second kappa shape index (κ2) is 13.8. The summed E-state index contributed by atoms with van der Waals surface area (Å²) in [5.41, 5.74) is 4.01. The number of likely N-dealkylation sites (tertiary alicyclic amines) is 1. The molecule has 200 valence electrons. The summed E-state index contributed by atoms with van der Waals surface area (Å²) in [5.74, 6) is 0.368. The summed E-state index contributed by atoms with van der Waals surface area (Å²) < 4.78 is 17.7. The standard InChI is InChI=1S/C31H35NO6/c1-2-23-9-11-25(12-10-23)22-38-29-20-32(31(34)35)19-28(33)30(29)26-13-15-27(16-14-26)37-18-6-17-36-21-24-7-4-3-5-8-24/h2-5,7-16,28-30,33H,1,6,17-22H2,(H,34,35). The minimum absolute atomic E-state index is 0.0368. The van der Waals surface area contributed by atoms with E-state index < -0.39 is 18.3 Å². The van der Waals surface area contributed by atoms with E-state index in [9.17, 15) is 15.0 Å². The summed E-state index contributed by atoms with van der Waals surface area (Å²) in [6.45, 7) is 6.02. The Bertz CT molecular complexity index is 1150. The Hall–Kier alpha value is -3.65. The number of hydrogen-bond donors (Lipinski definition) is 2. The molecule has 4 rings (SSSR count). The molecule has 38 heavy (non-hydrogen) atoms. The molecule has 1 saturated heterocycles. The number of carbonyl (C=O) groups is 1. The van der Waals surface area contributed by atoms with Crippen molar-refractivity contribution in [3.8, 4) is 5.75 Å². The molecule has 0 spiro atoms. The third-order valence-electron chi connectivity index (χ3n) is 6.65. The number of benzene rings is 3. The smallest absolute Gasteiger partial charge is 0.407 e. The molecular formula is C31H35NO6. The van der Waals surface area contributed by atoms with Crippen LogP contribution in [0.5, 0.6) is 5.75 Å². The normalized spacial score (nSPS) is 19.2. The largest absolute Gasteiger partial charge is 0.494 e. The molecule has 1 heterocycles. The summed E-state index contributed by atoms with van der Waals surface area (Å²) >= 11 is 0. The van der Waals surface area contributed by atoms with Crippen LogP contribution in [-0.4, -0.2) is 59.7 Å². The van der Waals surface area contributed by atoms with Gasteiger partial charge in [0, 0.05) is 12.3 Å². The fourth-order valence-electron chi connectivity index (χ4n) is 4.60. The van der Waals surface area contributed by atoms with E-state index in [4.69, 9.17) is 14.2 Å². The van der Waals surface area contributed by atoms with Crippen molar-refractivity contribution in [1.29, 1.82) is 0 Å². The molecule has 7 heteroatoms. The molecule has 3 aromatic carbocycles. The molecule has 0 aliphatic carbocycles. The number of ether oxygens (including phenoxy) is 3. The van der Waals surface area contributed by atoms with Crippen LogP contribution in [0.15, 0.2) is 85.4 Å². The number of carboxylic acid groups (broad SMARTS) is 1. The van der Waals surface area contributed by atoms with Crippen LogP contribution in [0.1, 0.15) is 34.6 Å². The fourth-order valence-corrected chi connectivity index (χ4v) is 4.60. The first-order valence-electron chi connectivity index (χ1n) is 12.9. The van der Waals surface area contributed by atoms with Crippen LogP contribution in [0.4, 0.5) is 4.79 Å². The topological polar surface area (TPSA) is 88.5 Å². The van der Waals surface area contributed by atoms with Crippen LogP contribution in [0.25, 0.3) is 6.08 Å². The van der Waals surface area contributed by atoms with Gasteiger partial charge in [-0.25, -0.2) is 4.79 Å². The van der Waals surface area contributed by atoms with Crippen molar-refractivity contribution in [2.75, 3.05) is 26.3 Å². The second-order valence-corrected chi connectivity index (χ2v) is 9.39. The van der Waals surface area contributed by atoms with Gasteiger partial charge in [0.1, 0.15) is 5.75 Å². The van der Waals surface area contributed by atoms with E-state index in [2.05, 4.69) is 6.58 Å². The number of rotatable bonds is 12. The lowest BCUT2D eigenvalue weighted by atomic mass is 9.84. The molecule has 3 aromatic rings. The first kappa shape index (κ1) is 27.4. The SMILES string of the molecule is C=Cc1ccc(COC2CN(C(=O)O)CC(O)C2c2ccc(OCCCOCc3ccccc3)cc2)cc1. The van der Waals surface area contributed by atoms with Gasteiger partial charge < -0.3 is 29.3 Å². The van der Waals surface area contributed by atoms with E-state index >= 15 is 0 Å². The molecule has 1 aliphatic heterocycles. The zero-order valence-electron chi connectivity index (χ0n) is 21.4. The van der Waals surface area contributed by atoms with Gasteiger partial charge in [-0.2, -0.15) is 0 Å². The van der Waals surface area contributed by atoms with Crippen molar-refractivity contribution in [3.63, 3.8) is 0 Å². The monoisotopic (exact) mass is 517 g/mol. The maximum absolute atomic E-state index is 11.6. The van der Waals surface area contributed by atoms with Gasteiger partial charge in [-0.05, 0) is 34.4 Å². The third-order valence-corrected chi connectivity index (χ3v) is 6.65. The Balaban J connectivity index is 1.31. The van der Waals surface area contributed by atoms with E-state index in [0.29, 0.717) is 26.4 Å². The van der Waals surface area contributed by atoms with Gasteiger partial charge in [0.15, 0.2) is 0 Å². The van der Waals surface area contributed by atoms with Crippen molar-refractivity contribution < 1.29 is 29.2 Å². The molecule has 7 nitrogen and oxygen atoms in total. The van der Waals surface area contributed by atoms with E-state index in [-0.39, 0.29) is 19.0 Å². The van der Waals surface area contributed by atoms with Crippen molar-refractivity contribution in [1.82, 2.24) is 4.90 Å². The average molecular weight is 518 g/mol. The van der Waals surface area contributed by atoms with Crippen molar-refractivity contribution in [2.24, 2.45) is 0 Å². The van der Waals surface area contributed by atoms with Gasteiger partial charge >= 0.3 is 6.09 Å². The first-order valence-corrected chi connectivity index (χ1v) is 12.9. The van der Waals surface area contributed by atoms with E-state index in [0.717, 1.165) is 34.4 Å². The molecule has 0 bridgehead atoms. The Morgan fingerprint density at radius 3 is 2.32 bits per heavy atom. The number of β-amino-alcohol motifs (C(OH)–C–C–N with tert-alkyl or cyclic N) is 1. The molecule has 1 aliphatic rings. The summed E-state index contributed by atoms with van der Waals surface area (Å²) in [6, 6.07) is 25.5. The highest BCUT2D eigenvalue weighted by Gasteiger charge is 2.39. The molecule has 2 N–H and O–H groups in total. The minimum Gasteiger partial charge on any atom is -0.494 e. The van der Waals surface area contributed by atoms with Crippen LogP contribution < -0.4 is 4.74 Å². The number of hydrogen-bond acceptors (Lipinski definition) is 5. The van der Waals surface area contributed by atoms with E-state index in [1.807, 2.05) is 78.9 Å². The summed E-state index contributed by atoms with van der Waals surface area (Å²) in [6.07, 6.45) is 0.0905. The van der Waals surface area contributed by atoms with Gasteiger partial charge in [-0.15, -0.1) is 0 Å². The molecule has 0 radical (unpaired) electrons. The van der Waals surface area contributed by atoms with Gasteiger partial charge in [0.05, 0.1) is 51.7 Å². The molecule has 3 atom stereocenters. The molecule has 3 unspecified atom stereocenters. The third kappa shape index (κ3) is 7.68. The van der Waals surface area contributed by atoms with Crippen LogP contribution in [-0.2, 0) is 22.7 Å². The maximum Gasteiger partial charge on any atom is 0.407 e. The number of aliphatic hydroxyl groups is 1. The molecule has 1 amide bonds. The Morgan fingerprint density at radius 2 is 1.63 bits per heavy atom. The van der Waals surface area contributed by atoms with Gasteiger partial charge in [-0.3, -0.25) is 0 Å². The highest BCUT2D eigenvalue weighted by Crippen LogP contribution is 2.32. The average Bonchev–Trinajstić information content (AvgIpc) is 2.94. The van der Waals surface area contributed by atoms with Crippen molar-refractivity contribution in [3.05, 3.63) is 108 Å². The van der Waals surface area contributed by atoms with Gasteiger partial charge in [0.2, 0.25) is 0 Å². The lowest BCUT2D eigenvalue weighted by Gasteiger charge is -2.40. The Morgan fingerprint density at radius 1 is 0.921 bits per heavy atom. The molecule has 1 fully saturated rings. The number of piperidine rings is 1. The lowest BCUT2D eigenvalue weighted by Crippen LogP contribution is -2.53. The predicted molar refractivity (Wildman–Crippen MR) is 146 cm³/mol. The lowest BCUT2D eigenvalue weighted by molar-refractivity contribution is -0.0660. The van der Waals surface area contributed by atoms with E-state index in [1.165, 1.54) is 4.90 Å². The zero-order valence-corrected chi connectivity index (χ0v) is 21.4. The maximum atomic E-state index is 11.6. The number of nitrogens with zero attached hydrogens (tertiary/aromatic N) is 1. The van der Waals surface area contributed by atoms with E-state index in [1.54, 1.807) is 6.08 Å². The van der Waals surface area contributed by atoms with Crippen molar-refractivity contribution in [2.45, 2.75) is 37.8 Å². The van der Waals surface area contributed by atoms with Crippen molar-refractivity contribution >= 4 is 12.2 Å². The summed E-state index contributed by atoms with van der Waals surface area (Å²) in [5, 5.41) is 20.4. The number of amides is 1. The van der Waals surface area contributed by atoms with Crippen LogP contribution in [0.2, 0.25) is 0 Å². The zero-order chi connectivity index (χ0) is 26.7. The van der Waals surface area contributed by atoms with Gasteiger partial charge in [0.25, 0.3) is 0 Å². The first-order chi connectivity index (χ1) is 18.5. The predicted octanol–water partition coefficient (Wildman–Crippen LogP) is 5.34. The highest BCUT2D eigenvalue weighted by molar-refractivity contribution is 5.65. The van der Waals surface area contributed by atoms with Crippen LogP contribution >= 0.6 is 0 Å².